The molecule has 35 heavy (non-hydrogen) atoms. The number of rotatable bonds is 6. The van der Waals surface area contributed by atoms with Gasteiger partial charge >= 0.3 is 0 Å². The number of nitrogens with zero attached hydrogens (tertiary/aromatic N) is 5. The third kappa shape index (κ3) is 5.20. The zero-order valence-corrected chi connectivity index (χ0v) is 21.9. The Balaban J connectivity index is 1.64. The highest BCUT2D eigenvalue weighted by Crippen LogP contribution is 2.36. The van der Waals surface area contributed by atoms with Crippen LogP contribution in [0.2, 0.25) is 0 Å². The molecule has 0 unspecified atom stereocenters. The molecule has 2 aliphatic heterocycles. The average Bonchev–Trinajstić information content (AvgIpc) is 3.12. The molecule has 4 rings (SSSR count). The van der Waals surface area contributed by atoms with E-state index in [0.29, 0.717) is 21.3 Å². The Labute approximate surface area is 215 Å². The number of nitriles is 1. The summed E-state index contributed by atoms with van der Waals surface area (Å²) < 4.78 is 2.09. The van der Waals surface area contributed by atoms with E-state index in [1.807, 2.05) is 24.3 Å². The third-order valence-corrected chi connectivity index (χ3v) is 7.99. The van der Waals surface area contributed by atoms with Crippen molar-refractivity contribution < 1.29 is 4.79 Å². The number of aromatic nitrogens is 1. The monoisotopic (exact) mass is 507 g/mol. The number of aryl methyl sites for hydroxylation is 1. The molecule has 0 saturated carbocycles. The standard InChI is InChI=1S/C26H29N5O2S2/c1-18-20(23(29(3)24(32)21(18)17-27)30-14-12-28(2)13-15-30)16-22-25(33)31(26(34)35-22)11-7-10-19-8-5-4-6-9-19/h4-6,8-9,16H,7,10-15H2,1-3H3. The Morgan fingerprint density at radius 3 is 2.46 bits per heavy atom. The summed E-state index contributed by atoms with van der Waals surface area (Å²) in [6.07, 6.45) is 3.50. The summed E-state index contributed by atoms with van der Waals surface area (Å²) in [4.78, 5) is 32.8. The van der Waals surface area contributed by atoms with Gasteiger partial charge in [-0.05, 0) is 44.0 Å². The van der Waals surface area contributed by atoms with Gasteiger partial charge in [0.05, 0.1) is 4.91 Å². The first-order chi connectivity index (χ1) is 16.8. The number of likely N-dealkylation sites (N-methyl/N-ethyl adjacent to an activating group) is 1. The van der Waals surface area contributed by atoms with Crippen molar-refractivity contribution in [1.29, 1.82) is 5.26 Å². The van der Waals surface area contributed by atoms with Gasteiger partial charge in [-0.15, -0.1) is 0 Å². The minimum absolute atomic E-state index is 0.106. The largest absolute Gasteiger partial charge is 0.355 e. The zero-order chi connectivity index (χ0) is 25.1. The lowest BCUT2D eigenvalue weighted by molar-refractivity contribution is -0.122. The summed E-state index contributed by atoms with van der Waals surface area (Å²) in [5.74, 6) is 0.623. The molecule has 0 atom stereocenters. The second-order valence-electron chi connectivity index (χ2n) is 8.93. The molecular formula is C26H29N5O2S2. The van der Waals surface area contributed by atoms with Crippen molar-refractivity contribution in [2.75, 3.05) is 44.7 Å². The summed E-state index contributed by atoms with van der Waals surface area (Å²) >= 11 is 6.83. The van der Waals surface area contributed by atoms with Gasteiger partial charge in [-0.1, -0.05) is 54.3 Å². The fraction of sp³-hybridized carbons (Fsp3) is 0.385. The van der Waals surface area contributed by atoms with Crippen LogP contribution >= 0.6 is 24.0 Å². The molecule has 1 amide bonds. The molecule has 0 radical (unpaired) electrons. The predicted octanol–water partition coefficient (Wildman–Crippen LogP) is 3.15. The molecule has 3 heterocycles. The number of thiocarbonyl (C=S) groups is 1. The van der Waals surface area contributed by atoms with Crippen LogP contribution in [0.3, 0.4) is 0 Å². The Hall–Kier alpha value is -2.93. The normalized spacial score (nSPS) is 17.9. The summed E-state index contributed by atoms with van der Waals surface area (Å²) in [7, 11) is 3.77. The Morgan fingerprint density at radius 1 is 1.11 bits per heavy atom. The minimum Gasteiger partial charge on any atom is -0.355 e. The molecule has 0 aliphatic carbocycles. The number of amides is 1. The van der Waals surface area contributed by atoms with Gasteiger partial charge < -0.3 is 9.80 Å². The van der Waals surface area contributed by atoms with Crippen molar-refractivity contribution in [3.05, 3.63) is 67.8 Å². The SMILES string of the molecule is Cc1c(C=C2SC(=S)N(CCCc3ccccc3)C2=O)c(N2CCN(C)CC2)n(C)c(=O)c1C#N. The molecule has 0 bridgehead atoms. The van der Waals surface area contributed by atoms with Crippen LogP contribution in [-0.2, 0) is 18.3 Å². The summed E-state index contributed by atoms with van der Waals surface area (Å²) in [6.45, 7) is 5.60. The quantitative estimate of drug-likeness (QED) is 0.439. The van der Waals surface area contributed by atoms with Gasteiger partial charge in [-0.25, -0.2) is 0 Å². The third-order valence-electron chi connectivity index (χ3n) is 6.61. The topological polar surface area (TPSA) is 72.6 Å². The number of hydrogen-bond donors (Lipinski definition) is 0. The molecule has 7 nitrogen and oxygen atoms in total. The maximum absolute atomic E-state index is 13.3. The highest BCUT2D eigenvalue weighted by Gasteiger charge is 2.33. The molecule has 2 aliphatic rings. The van der Waals surface area contributed by atoms with E-state index in [9.17, 15) is 14.9 Å². The lowest BCUT2D eigenvalue weighted by Gasteiger charge is -2.36. The van der Waals surface area contributed by atoms with E-state index in [1.165, 1.54) is 17.3 Å². The van der Waals surface area contributed by atoms with Crippen LogP contribution in [0.15, 0.2) is 40.0 Å². The van der Waals surface area contributed by atoms with Crippen molar-refractivity contribution >= 4 is 46.1 Å². The predicted molar refractivity (Wildman–Crippen MR) is 145 cm³/mol. The Bertz CT molecular complexity index is 1270. The van der Waals surface area contributed by atoms with E-state index in [-0.39, 0.29) is 17.0 Å². The van der Waals surface area contributed by atoms with Crippen LogP contribution in [0, 0.1) is 18.3 Å². The van der Waals surface area contributed by atoms with E-state index < -0.39 is 0 Å². The van der Waals surface area contributed by atoms with Gasteiger partial charge in [0.2, 0.25) is 0 Å². The van der Waals surface area contributed by atoms with Crippen LogP contribution in [0.4, 0.5) is 5.82 Å². The van der Waals surface area contributed by atoms with Crippen molar-refractivity contribution in [3.63, 3.8) is 0 Å². The highest BCUT2D eigenvalue weighted by atomic mass is 32.2. The summed E-state index contributed by atoms with van der Waals surface area (Å²) in [5, 5.41) is 9.67. The summed E-state index contributed by atoms with van der Waals surface area (Å²) in [6, 6.07) is 12.2. The second-order valence-corrected chi connectivity index (χ2v) is 10.6. The molecule has 1 aromatic carbocycles. The highest BCUT2D eigenvalue weighted by molar-refractivity contribution is 8.26. The second kappa shape index (κ2) is 10.8. The number of benzene rings is 1. The number of hydrogen-bond acceptors (Lipinski definition) is 7. The van der Waals surface area contributed by atoms with Gasteiger partial charge in [-0.2, -0.15) is 5.26 Å². The van der Waals surface area contributed by atoms with Crippen LogP contribution in [0.5, 0.6) is 0 Å². The number of thioether (sulfide) groups is 1. The Kier molecular flexibility index (Phi) is 7.75. The smallest absolute Gasteiger partial charge is 0.270 e. The van der Waals surface area contributed by atoms with Crippen molar-refractivity contribution in [3.8, 4) is 6.07 Å². The lowest BCUT2D eigenvalue weighted by Crippen LogP contribution is -2.46. The lowest BCUT2D eigenvalue weighted by atomic mass is 10.0. The van der Waals surface area contributed by atoms with Crippen molar-refractivity contribution in [1.82, 2.24) is 14.4 Å². The first-order valence-corrected chi connectivity index (χ1v) is 12.9. The molecule has 2 saturated heterocycles. The molecule has 0 N–H and O–H groups in total. The van der Waals surface area contributed by atoms with E-state index >= 15 is 0 Å². The van der Waals surface area contributed by atoms with Crippen LogP contribution in [0.25, 0.3) is 6.08 Å². The molecule has 2 fully saturated rings. The molecule has 2 aromatic rings. The number of piperazine rings is 1. The first kappa shape index (κ1) is 25.2. The van der Waals surface area contributed by atoms with Crippen LogP contribution in [0.1, 0.15) is 28.7 Å². The van der Waals surface area contributed by atoms with Gasteiger partial charge in [-0.3, -0.25) is 19.1 Å². The van der Waals surface area contributed by atoms with Gasteiger partial charge in [0.25, 0.3) is 11.5 Å². The van der Waals surface area contributed by atoms with E-state index in [1.54, 1.807) is 23.4 Å². The molecular weight excluding hydrogens is 478 g/mol. The van der Waals surface area contributed by atoms with Crippen LogP contribution < -0.4 is 10.5 Å². The number of anilines is 1. The molecule has 9 heteroatoms. The van der Waals surface area contributed by atoms with Crippen LogP contribution in [-0.4, -0.2) is 64.4 Å². The van der Waals surface area contributed by atoms with Gasteiger partial charge in [0.15, 0.2) is 0 Å². The first-order valence-electron chi connectivity index (χ1n) is 11.7. The number of carbonyl (C=O) groups is 1. The molecule has 0 spiro atoms. The van der Waals surface area contributed by atoms with Gasteiger partial charge in [0.1, 0.15) is 21.8 Å². The maximum atomic E-state index is 13.3. The van der Waals surface area contributed by atoms with E-state index in [0.717, 1.165) is 50.4 Å². The van der Waals surface area contributed by atoms with E-state index in [4.69, 9.17) is 12.2 Å². The minimum atomic E-state index is -0.315. The Morgan fingerprint density at radius 2 is 1.80 bits per heavy atom. The number of carbonyl (C=O) groups excluding carboxylic acids is 1. The van der Waals surface area contributed by atoms with Gasteiger partial charge in [0, 0.05) is 45.3 Å². The molecule has 182 valence electrons. The molecule has 1 aromatic heterocycles. The van der Waals surface area contributed by atoms with E-state index in [2.05, 4.69) is 35.0 Å². The fourth-order valence-corrected chi connectivity index (χ4v) is 5.81. The number of pyridine rings is 1. The maximum Gasteiger partial charge on any atom is 0.270 e. The zero-order valence-electron chi connectivity index (χ0n) is 20.3. The van der Waals surface area contributed by atoms with Crippen molar-refractivity contribution in [2.45, 2.75) is 19.8 Å². The summed E-state index contributed by atoms with van der Waals surface area (Å²) in [5.41, 5.74) is 2.35. The van der Waals surface area contributed by atoms with Crippen molar-refractivity contribution in [2.24, 2.45) is 7.05 Å². The average molecular weight is 508 g/mol. The fourth-order valence-electron chi connectivity index (χ4n) is 4.52.